The number of esters is 1. The van der Waals surface area contributed by atoms with E-state index in [4.69, 9.17) is 9.47 Å². The van der Waals surface area contributed by atoms with Crippen LogP contribution in [0.4, 0.5) is 0 Å². The highest BCUT2D eigenvalue weighted by Crippen LogP contribution is 2.17. The first-order chi connectivity index (χ1) is 9.73. The van der Waals surface area contributed by atoms with Gasteiger partial charge in [-0.3, -0.25) is 4.79 Å². The van der Waals surface area contributed by atoms with Crippen LogP contribution in [0.15, 0.2) is 29.2 Å². The van der Waals surface area contributed by atoms with E-state index in [-0.39, 0.29) is 10.9 Å². The standard InChI is InChI=1S/C14H21NO5S/c1-14(15-2,13(16)19-3)9-10-20-11-5-7-12(8-6-11)21(4,17)18/h5-8,15H,9-10H2,1-4H3. The van der Waals surface area contributed by atoms with Crippen molar-refractivity contribution in [2.45, 2.75) is 23.8 Å². The van der Waals surface area contributed by atoms with E-state index in [1.807, 2.05) is 0 Å². The van der Waals surface area contributed by atoms with Gasteiger partial charge in [-0.1, -0.05) is 0 Å². The first kappa shape index (κ1) is 17.5. The molecular formula is C14H21NO5S. The normalized spacial score (nSPS) is 14.3. The molecule has 1 unspecified atom stereocenters. The second-order valence-electron chi connectivity index (χ2n) is 4.92. The zero-order valence-corrected chi connectivity index (χ0v) is 13.5. The number of carbonyl (C=O) groups excluding carboxylic acids is 1. The lowest BCUT2D eigenvalue weighted by molar-refractivity contribution is -0.148. The lowest BCUT2D eigenvalue weighted by Crippen LogP contribution is -2.49. The summed E-state index contributed by atoms with van der Waals surface area (Å²) < 4.78 is 32.9. The summed E-state index contributed by atoms with van der Waals surface area (Å²) in [5, 5.41) is 2.91. The predicted octanol–water partition coefficient (Wildman–Crippen LogP) is 1.01. The van der Waals surface area contributed by atoms with Crippen molar-refractivity contribution >= 4 is 15.8 Å². The Bertz CT molecular complexity index is 582. The molecule has 0 aromatic heterocycles. The van der Waals surface area contributed by atoms with Crippen LogP contribution in [-0.2, 0) is 19.4 Å². The molecule has 0 aliphatic rings. The van der Waals surface area contributed by atoms with Crippen molar-refractivity contribution in [3.63, 3.8) is 0 Å². The summed E-state index contributed by atoms with van der Waals surface area (Å²) in [4.78, 5) is 11.9. The smallest absolute Gasteiger partial charge is 0.325 e. The van der Waals surface area contributed by atoms with Gasteiger partial charge >= 0.3 is 5.97 Å². The third-order valence-corrected chi connectivity index (χ3v) is 4.44. The van der Waals surface area contributed by atoms with Crippen molar-refractivity contribution < 1.29 is 22.7 Å². The van der Waals surface area contributed by atoms with E-state index in [9.17, 15) is 13.2 Å². The Morgan fingerprint density at radius 1 is 1.29 bits per heavy atom. The fraction of sp³-hybridized carbons (Fsp3) is 0.500. The molecule has 0 radical (unpaired) electrons. The van der Waals surface area contributed by atoms with E-state index in [2.05, 4.69) is 5.32 Å². The molecule has 0 aliphatic carbocycles. The quantitative estimate of drug-likeness (QED) is 0.756. The molecule has 0 saturated carbocycles. The molecule has 21 heavy (non-hydrogen) atoms. The molecule has 1 aromatic carbocycles. The van der Waals surface area contributed by atoms with Crippen LogP contribution in [0, 0.1) is 0 Å². The molecule has 0 aliphatic heterocycles. The van der Waals surface area contributed by atoms with Gasteiger partial charge in [0.05, 0.1) is 18.6 Å². The highest BCUT2D eigenvalue weighted by atomic mass is 32.2. The molecule has 0 fully saturated rings. The molecule has 6 nitrogen and oxygen atoms in total. The van der Waals surface area contributed by atoms with E-state index >= 15 is 0 Å². The topological polar surface area (TPSA) is 81.7 Å². The number of methoxy groups -OCH3 is 1. The van der Waals surface area contributed by atoms with E-state index < -0.39 is 15.4 Å². The maximum absolute atomic E-state index is 11.7. The number of benzene rings is 1. The van der Waals surface area contributed by atoms with Crippen molar-refractivity contribution in [2.24, 2.45) is 0 Å². The number of rotatable bonds is 7. The summed E-state index contributed by atoms with van der Waals surface area (Å²) in [6.45, 7) is 2.03. The van der Waals surface area contributed by atoms with Gasteiger partial charge in [0.25, 0.3) is 0 Å². The van der Waals surface area contributed by atoms with Crippen LogP contribution < -0.4 is 10.1 Å². The Kier molecular flexibility index (Phi) is 5.74. The first-order valence-corrected chi connectivity index (χ1v) is 8.32. The number of hydrogen-bond acceptors (Lipinski definition) is 6. The summed E-state index contributed by atoms with van der Waals surface area (Å²) in [7, 11) is -0.194. The van der Waals surface area contributed by atoms with E-state index in [1.54, 1.807) is 26.1 Å². The van der Waals surface area contributed by atoms with Gasteiger partial charge in [0.15, 0.2) is 9.84 Å². The van der Waals surface area contributed by atoms with Gasteiger partial charge in [-0.15, -0.1) is 0 Å². The number of likely N-dealkylation sites (N-methyl/N-ethyl adjacent to an activating group) is 1. The van der Waals surface area contributed by atoms with Gasteiger partial charge in [0.1, 0.15) is 11.3 Å². The third-order valence-electron chi connectivity index (χ3n) is 3.31. The lowest BCUT2D eigenvalue weighted by atomic mass is 9.99. The van der Waals surface area contributed by atoms with Crippen LogP contribution in [0.2, 0.25) is 0 Å². The van der Waals surface area contributed by atoms with Crippen molar-refractivity contribution in [3.05, 3.63) is 24.3 Å². The average Bonchev–Trinajstić information content (AvgIpc) is 2.45. The number of hydrogen-bond donors (Lipinski definition) is 1. The maximum atomic E-state index is 11.7. The zero-order chi connectivity index (χ0) is 16.1. The summed E-state index contributed by atoms with van der Waals surface area (Å²) in [6.07, 6.45) is 1.57. The van der Waals surface area contributed by atoms with Crippen LogP contribution >= 0.6 is 0 Å². The number of ether oxygens (including phenoxy) is 2. The van der Waals surface area contributed by atoms with Gasteiger partial charge in [0, 0.05) is 12.7 Å². The number of nitrogens with one attached hydrogen (secondary N) is 1. The Morgan fingerprint density at radius 2 is 1.86 bits per heavy atom. The van der Waals surface area contributed by atoms with E-state index in [0.717, 1.165) is 6.26 Å². The molecule has 1 aromatic rings. The second-order valence-corrected chi connectivity index (χ2v) is 6.93. The highest BCUT2D eigenvalue weighted by Gasteiger charge is 2.32. The molecule has 1 atom stereocenters. The molecule has 0 spiro atoms. The van der Waals surface area contributed by atoms with Crippen molar-refractivity contribution in [2.75, 3.05) is 27.0 Å². The lowest BCUT2D eigenvalue weighted by Gasteiger charge is -2.25. The molecule has 118 valence electrons. The van der Waals surface area contributed by atoms with Crippen LogP contribution in [0.25, 0.3) is 0 Å². The molecular weight excluding hydrogens is 294 g/mol. The fourth-order valence-corrected chi connectivity index (χ4v) is 2.34. The Morgan fingerprint density at radius 3 is 2.29 bits per heavy atom. The molecule has 0 saturated heterocycles. The monoisotopic (exact) mass is 315 g/mol. The van der Waals surface area contributed by atoms with Crippen LogP contribution in [0.1, 0.15) is 13.3 Å². The van der Waals surface area contributed by atoms with Gasteiger partial charge < -0.3 is 14.8 Å². The highest BCUT2D eigenvalue weighted by molar-refractivity contribution is 7.90. The van der Waals surface area contributed by atoms with Gasteiger partial charge in [-0.05, 0) is 38.2 Å². The summed E-state index contributed by atoms with van der Waals surface area (Å²) in [5.41, 5.74) is -0.818. The van der Waals surface area contributed by atoms with Crippen LogP contribution in [-0.4, -0.2) is 46.9 Å². The minimum atomic E-state index is -3.21. The maximum Gasteiger partial charge on any atom is 0.325 e. The molecule has 0 amide bonds. The van der Waals surface area contributed by atoms with E-state index in [0.29, 0.717) is 18.8 Å². The minimum absolute atomic E-state index is 0.240. The van der Waals surface area contributed by atoms with E-state index in [1.165, 1.54) is 19.2 Å². The SMILES string of the molecule is CNC(C)(CCOc1ccc(S(C)(=O)=O)cc1)C(=O)OC. The molecule has 1 N–H and O–H groups in total. The van der Waals surface area contributed by atoms with Crippen molar-refractivity contribution in [1.82, 2.24) is 5.32 Å². The molecule has 1 rings (SSSR count). The van der Waals surface area contributed by atoms with Gasteiger partial charge in [-0.25, -0.2) is 8.42 Å². The largest absolute Gasteiger partial charge is 0.494 e. The average molecular weight is 315 g/mol. The van der Waals surface area contributed by atoms with Gasteiger partial charge in [0.2, 0.25) is 0 Å². The minimum Gasteiger partial charge on any atom is -0.494 e. The molecule has 0 heterocycles. The molecule has 7 heteroatoms. The zero-order valence-electron chi connectivity index (χ0n) is 12.7. The van der Waals surface area contributed by atoms with Crippen molar-refractivity contribution in [1.29, 1.82) is 0 Å². The fourth-order valence-electron chi connectivity index (χ4n) is 1.71. The predicted molar refractivity (Wildman–Crippen MR) is 79.1 cm³/mol. The van der Waals surface area contributed by atoms with Crippen LogP contribution in [0.3, 0.4) is 0 Å². The Balaban J connectivity index is 2.62. The summed E-state index contributed by atoms with van der Waals surface area (Å²) in [5.74, 6) is 0.187. The third kappa shape index (κ3) is 4.71. The second kappa shape index (κ2) is 6.91. The van der Waals surface area contributed by atoms with Crippen LogP contribution in [0.5, 0.6) is 5.75 Å². The van der Waals surface area contributed by atoms with Crippen molar-refractivity contribution in [3.8, 4) is 5.75 Å². The summed E-state index contributed by atoms with van der Waals surface area (Å²) >= 11 is 0. The summed E-state index contributed by atoms with van der Waals surface area (Å²) in [6, 6.07) is 6.15. The van der Waals surface area contributed by atoms with Gasteiger partial charge in [-0.2, -0.15) is 0 Å². The number of sulfone groups is 1. The Hall–Kier alpha value is -1.60. The molecule has 0 bridgehead atoms. The first-order valence-electron chi connectivity index (χ1n) is 6.43. The number of carbonyl (C=O) groups is 1. The Labute approximate surface area is 125 Å².